The van der Waals surface area contributed by atoms with E-state index in [1.54, 1.807) is 18.3 Å². The molecule has 5 aromatic heterocycles. The number of hydrogen-bond donors (Lipinski definition) is 3. The lowest BCUT2D eigenvalue weighted by atomic mass is 10.1. The van der Waals surface area contributed by atoms with E-state index in [2.05, 4.69) is 36.5 Å². The topological polar surface area (TPSA) is 95.2 Å². The number of H-pyrrole nitrogens is 2. The van der Waals surface area contributed by atoms with Crippen molar-refractivity contribution in [1.29, 1.82) is 0 Å². The first-order valence-electron chi connectivity index (χ1n) is 13.5. The maximum atomic E-state index is 14.6. The van der Waals surface area contributed by atoms with E-state index in [9.17, 15) is 4.39 Å². The summed E-state index contributed by atoms with van der Waals surface area (Å²) >= 11 is 0. The Kier molecular flexibility index (Phi) is 6.09. The van der Waals surface area contributed by atoms with Gasteiger partial charge in [0.05, 0.1) is 22.6 Å². The first-order valence-corrected chi connectivity index (χ1v) is 13.5. The van der Waals surface area contributed by atoms with Crippen LogP contribution in [0.15, 0.2) is 73.2 Å². The number of fused-ring (bicyclic) bond motifs is 2. The van der Waals surface area contributed by atoms with Gasteiger partial charge in [-0.2, -0.15) is 5.10 Å². The number of aromatic amines is 2. The van der Waals surface area contributed by atoms with Crippen LogP contribution >= 0.6 is 0 Å². The molecule has 0 spiro atoms. The molecule has 1 aliphatic carbocycles. The van der Waals surface area contributed by atoms with E-state index in [0.717, 1.165) is 63.5 Å². The van der Waals surface area contributed by atoms with Gasteiger partial charge in [0.25, 0.3) is 0 Å². The number of hydrogen-bond acceptors (Lipinski definition) is 5. The molecule has 8 heteroatoms. The van der Waals surface area contributed by atoms with Gasteiger partial charge in [-0.25, -0.2) is 9.37 Å². The van der Waals surface area contributed by atoms with Gasteiger partial charge >= 0.3 is 0 Å². The van der Waals surface area contributed by atoms with Gasteiger partial charge in [-0.3, -0.25) is 15.1 Å². The number of pyridine rings is 3. The molecule has 0 bridgehead atoms. The molecule has 39 heavy (non-hydrogen) atoms. The Morgan fingerprint density at radius 1 is 0.949 bits per heavy atom. The zero-order valence-electron chi connectivity index (χ0n) is 21.4. The molecule has 0 radical (unpaired) electrons. The highest BCUT2D eigenvalue weighted by atomic mass is 19.1. The van der Waals surface area contributed by atoms with Crippen molar-refractivity contribution in [3.05, 3.63) is 84.6 Å². The Bertz CT molecular complexity index is 1780. The average Bonchev–Trinajstić information content (AvgIpc) is 3.73. The standard InChI is InChI=1S/C31H28FN7/c32-24-8-4-3-7-22(24)29-23-14-28(36-26(23)11-12-35-29)31-30-27(38-39-31)10-9-25(37-30)21-13-20(17-34-18-21)16-33-15-19-5-1-2-6-19/h3-4,7-14,17-19,33,36H,1-2,5-6,15-16H2,(H,38,39). The Labute approximate surface area is 224 Å². The summed E-state index contributed by atoms with van der Waals surface area (Å²) in [4.78, 5) is 17.4. The molecule has 6 aromatic rings. The second kappa shape index (κ2) is 10.0. The SMILES string of the molecule is Fc1ccccc1-c1nccc2[nH]c(-c3n[nH]c4ccc(-c5cncc(CNCC6CCCC6)c5)nc34)cc12. The normalized spacial score (nSPS) is 14.1. The zero-order chi connectivity index (χ0) is 26.2. The predicted octanol–water partition coefficient (Wildman–Crippen LogP) is 6.65. The highest BCUT2D eigenvalue weighted by Crippen LogP contribution is 2.34. The Morgan fingerprint density at radius 2 is 1.85 bits per heavy atom. The Hall–Kier alpha value is -4.43. The van der Waals surface area contributed by atoms with Crippen molar-refractivity contribution >= 4 is 21.9 Å². The minimum Gasteiger partial charge on any atom is -0.353 e. The molecule has 3 N–H and O–H groups in total. The van der Waals surface area contributed by atoms with Crippen LogP contribution in [0.25, 0.3) is 55.8 Å². The molecular weight excluding hydrogens is 489 g/mol. The van der Waals surface area contributed by atoms with Crippen LogP contribution < -0.4 is 5.32 Å². The highest BCUT2D eigenvalue weighted by Gasteiger charge is 2.18. The largest absolute Gasteiger partial charge is 0.353 e. The molecule has 0 saturated heterocycles. The molecule has 0 atom stereocenters. The van der Waals surface area contributed by atoms with Crippen molar-refractivity contribution in [3.8, 4) is 33.9 Å². The zero-order valence-corrected chi connectivity index (χ0v) is 21.4. The number of nitrogens with one attached hydrogen (secondary N) is 3. The summed E-state index contributed by atoms with van der Waals surface area (Å²) in [6, 6.07) is 16.7. The molecule has 0 amide bonds. The van der Waals surface area contributed by atoms with Crippen LogP contribution in [0.3, 0.4) is 0 Å². The fourth-order valence-electron chi connectivity index (χ4n) is 5.66. The number of halogens is 1. The summed E-state index contributed by atoms with van der Waals surface area (Å²) in [6.45, 7) is 1.86. The summed E-state index contributed by atoms with van der Waals surface area (Å²) in [6.07, 6.45) is 10.8. The predicted molar refractivity (Wildman–Crippen MR) is 151 cm³/mol. The van der Waals surface area contributed by atoms with E-state index in [0.29, 0.717) is 17.0 Å². The number of aromatic nitrogens is 6. The summed E-state index contributed by atoms with van der Waals surface area (Å²) in [5, 5.41) is 12.1. The van der Waals surface area contributed by atoms with E-state index in [1.165, 1.54) is 31.7 Å². The van der Waals surface area contributed by atoms with Crippen LogP contribution in [0.4, 0.5) is 4.39 Å². The molecule has 0 aliphatic heterocycles. The van der Waals surface area contributed by atoms with Gasteiger partial charge < -0.3 is 10.3 Å². The van der Waals surface area contributed by atoms with Crippen LogP contribution in [0.2, 0.25) is 0 Å². The maximum Gasteiger partial charge on any atom is 0.135 e. The third-order valence-corrected chi connectivity index (χ3v) is 7.67. The van der Waals surface area contributed by atoms with E-state index in [-0.39, 0.29) is 5.82 Å². The number of nitrogens with zero attached hydrogens (tertiary/aromatic N) is 4. The van der Waals surface area contributed by atoms with Gasteiger partial charge in [-0.1, -0.05) is 25.0 Å². The Morgan fingerprint density at radius 3 is 2.74 bits per heavy atom. The summed E-state index contributed by atoms with van der Waals surface area (Å²) in [5.41, 5.74) is 7.92. The molecule has 1 fully saturated rings. The first kappa shape index (κ1) is 23.7. The Balaban J connectivity index is 1.21. The average molecular weight is 518 g/mol. The van der Waals surface area contributed by atoms with Gasteiger partial charge in [-0.05, 0) is 73.3 Å². The molecule has 194 valence electrons. The molecule has 7 rings (SSSR count). The third kappa shape index (κ3) is 4.57. The van der Waals surface area contributed by atoms with Crippen LogP contribution in [-0.4, -0.2) is 36.7 Å². The number of benzene rings is 1. The fourth-order valence-corrected chi connectivity index (χ4v) is 5.66. The van der Waals surface area contributed by atoms with E-state index in [1.807, 2.05) is 42.7 Å². The maximum absolute atomic E-state index is 14.6. The van der Waals surface area contributed by atoms with E-state index >= 15 is 0 Å². The smallest absolute Gasteiger partial charge is 0.135 e. The van der Waals surface area contributed by atoms with Crippen molar-refractivity contribution in [2.75, 3.05) is 6.54 Å². The molecule has 1 saturated carbocycles. The van der Waals surface area contributed by atoms with Crippen LogP contribution in [0.5, 0.6) is 0 Å². The lowest BCUT2D eigenvalue weighted by Gasteiger charge is -2.11. The second-order valence-electron chi connectivity index (χ2n) is 10.3. The molecule has 0 unspecified atom stereocenters. The molecule has 1 aliphatic rings. The second-order valence-corrected chi connectivity index (χ2v) is 10.3. The van der Waals surface area contributed by atoms with E-state index < -0.39 is 0 Å². The van der Waals surface area contributed by atoms with Gasteiger partial charge in [0, 0.05) is 47.2 Å². The summed E-state index contributed by atoms with van der Waals surface area (Å²) in [5.74, 6) is 0.495. The van der Waals surface area contributed by atoms with Crippen molar-refractivity contribution in [3.63, 3.8) is 0 Å². The molecule has 1 aromatic carbocycles. The number of rotatable bonds is 7. The van der Waals surface area contributed by atoms with Gasteiger partial charge in [0.15, 0.2) is 0 Å². The monoisotopic (exact) mass is 517 g/mol. The van der Waals surface area contributed by atoms with Crippen molar-refractivity contribution in [2.24, 2.45) is 5.92 Å². The highest BCUT2D eigenvalue weighted by molar-refractivity contribution is 5.99. The lowest BCUT2D eigenvalue weighted by molar-refractivity contribution is 0.489. The molecule has 7 nitrogen and oxygen atoms in total. The molecule has 5 heterocycles. The van der Waals surface area contributed by atoms with E-state index in [4.69, 9.17) is 4.98 Å². The van der Waals surface area contributed by atoms with Crippen molar-refractivity contribution < 1.29 is 4.39 Å². The van der Waals surface area contributed by atoms with Gasteiger partial charge in [0.1, 0.15) is 17.0 Å². The minimum absolute atomic E-state index is 0.304. The minimum atomic E-state index is -0.304. The summed E-state index contributed by atoms with van der Waals surface area (Å²) in [7, 11) is 0. The van der Waals surface area contributed by atoms with Crippen molar-refractivity contribution in [2.45, 2.75) is 32.2 Å². The lowest BCUT2D eigenvalue weighted by Crippen LogP contribution is -2.20. The van der Waals surface area contributed by atoms with Crippen LogP contribution in [-0.2, 0) is 6.54 Å². The van der Waals surface area contributed by atoms with Crippen LogP contribution in [0.1, 0.15) is 31.2 Å². The van der Waals surface area contributed by atoms with Gasteiger partial charge in [-0.15, -0.1) is 0 Å². The van der Waals surface area contributed by atoms with Gasteiger partial charge in [0.2, 0.25) is 0 Å². The molecular formula is C31H28FN7. The van der Waals surface area contributed by atoms with Crippen molar-refractivity contribution in [1.82, 2.24) is 35.5 Å². The quantitative estimate of drug-likeness (QED) is 0.220. The third-order valence-electron chi connectivity index (χ3n) is 7.67. The first-order chi connectivity index (χ1) is 19.2. The fraction of sp³-hybridized carbons (Fsp3) is 0.226. The van der Waals surface area contributed by atoms with Crippen LogP contribution in [0, 0.1) is 11.7 Å². The summed E-state index contributed by atoms with van der Waals surface area (Å²) < 4.78 is 14.6.